The summed E-state index contributed by atoms with van der Waals surface area (Å²) in [4.78, 5) is 51.4. The number of primary amides is 1. The summed E-state index contributed by atoms with van der Waals surface area (Å²) >= 11 is 0. The van der Waals surface area contributed by atoms with E-state index in [1.807, 2.05) is 0 Å². The van der Waals surface area contributed by atoms with E-state index in [9.17, 15) is 39.6 Å². The fourth-order valence-corrected chi connectivity index (χ4v) is 6.21. The third-order valence-electron chi connectivity index (χ3n) is 8.28. The topological polar surface area (TPSA) is 201 Å². The molecule has 5 rings (SSSR count). The second-order valence-electron chi connectivity index (χ2n) is 9.99. The Labute approximate surface area is 199 Å². The van der Waals surface area contributed by atoms with Crippen molar-refractivity contribution in [2.24, 2.45) is 29.4 Å². The number of aliphatic hydroxyl groups is 3. The van der Waals surface area contributed by atoms with Crippen molar-refractivity contribution in [3.8, 4) is 5.75 Å². The fourth-order valence-electron chi connectivity index (χ4n) is 6.21. The maximum Gasteiger partial charge on any atom is 0.255 e. The Bertz CT molecular complexity index is 1270. The van der Waals surface area contributed by atoms with Gasteiger partial charge in [0.05, 0.1) is 11.3 Å². The second-order valence-corrected chi connectivity index (χ2v) is 9.99. The number of amides is 1. The molecule has 2 saturated carbocycles. The van der Waals surface area contributed by atoms with Crippen molar-refractivity contribution < 1.29 is 39.6 Å². The van der Waals surface area contributed by atoms with Gasteiger partial charge in [0.2, 0.25) is 5.78 Å². The van der Waals surface area contributed by atoms with Crippen LogP contribution in [0, 0.1) is 23.7 Å². The van der Waals surface area contributed by atoms with Gasteiger partial charge in [0.1, 0.15) is 28.6 Å². The largest absolute Gasteiger partial charge is 0.508 e. The van der Waals surface area contributed by atoms with Gasteiger partial charge in [-0.3, -0.25) is 19.2 Å². The van der Waals surface area contributed by atoms with Gasteiger partial charge in [-0.15, -0.1) is 0 Å². The molecule has 35 heavy (non-hydrogen) atoms. The van der Waals surface area contributed by atoms with Crippen molar-refractivity contribution in [2.75, 3.05) is 5.73 Å². The normalized spacial score (nSPS) is 30.4. The minimum atomic E-state index is -2.74. The van der Waals surface area contributed by atoms with E-state index in [2.05, 4.69) is 0 Å². The number of phenolic OH excluding ortho intramolecular Hbond substituents is 1. The van der Waals surface area contributed by atoms with E-state index < -0.39 is 70.1 Å². The SMILES string of the molecule is NC(=O)C1=C(O)[C@@]2(O)C(=O)C3=C(O)c4c(ccc(N)c4O)C[C@H]3[C@H](CC(=O)C3CCC3)[C@H]2CC1=O. The number of aromatic hydroxyl groups is 1. The zero-order valence-electron chi connectivity index (χ0n) is 18.8. The zero-order valence-corrected chi connectivity index (χ0v) is 18.8. The second kappa shape index (κ2) is 7.67. The average Bonchev–Trinajstić information content (AvgIpc) is 2.74. The number of benzene rings is 1. The molecule has 1 aromatic rings. The van der Waals surface area contributed by atoms with Gasteiger partial charge >= 0.3 is 0 Å². The van der Waals surface area contributed by atoms with Crippen LogP contribution < -0.4 is 11.5 Å². The summed E-state index contributed by atoms with van der Waals surface area (Å²) in [6.07, 6.45) is 1.94. The summed E-state index contributed by atoms with van der Waals surface area (Å²) in [5.74, 6) is -8.49. The van der Waals surface area contributed by atoms with Gasteiger partial charge in [-0.25, -0.2) is 0 Å². The number of nitrogens with two attached hydrogens (primary N) is 2. The molecule has 0 aliphatic heterocycles. The maximum atomic E-state index is 13.7. The molecule has 1 aromatic carbocycles. The van der Waals surface area contributed by atoms with Crippen molar-refractivity contribution in [1.82, 2.24) is 0 Å². The van der Waals surface area contributed by atoms with E-state index in [0.29, 0.717) is 5.56 Å². The van der Waals surface area contributed by atoms with E-state index >= 15 is 0 Å². The van der Waals surface area contributed by atoms with Gasteiger partial charge in [-0.05, 0) is 42.7 Å². The zero-order chi connectivity index (χ0) is 25.4. The first kappa shape index (κ1) is 23.1. The summed E-state index contributed by atoms with van der Waals surface area (Å²) in [5, 5.41) is 44.1. The van der Waals surface area contributed by atoms with E-state index in [1.165, 1.54) is 6.07 Å². The number of phenols is 1. The van der Waals surface area contributed by atoms with E-state index in [0.717, 1.165) is 19.3 Å². The average molecular weight is 482 g/mol. The summed E-state index contributed by atoms with van der Waals surface area (Å²) in [7, 11) is 0. The lowest BCUT2D eigenvalue weighted by molar-refractivity contribution is -0.155. The van der Waals surface area contributed by atoms with Crippen molar-refractivity contribution >= 4 is 34.7 Å². The monoisotopic (exact) mass is 482 g/mol. The van der Waals surface area contributed by atoms with E-state index in [-0.39, 0.29) is 41.4 Å². The fraction of sp³-hybridized carbons (Fsp3) is 0.440. The van der Waals surface area contributed by atoms with E-state index in [1.54, 1.807) is 6.07 Å². The van der Waals surface area contributed by atoms with Gasteiger partial charge in [0, 0.05) is 30.3 Å². The van der Waals surface area contributed by atoms with Crippen LogP contribution in [0.5, 0.6) is 5.75 Å². The van der Waals surface area contributed by atoms with Crippen LogP contribution in [0.15, 0.2) is 29.0 Å². The highest BCUT2D eigenvalue weighted by Gasteiger charge is 2.64. The molecule has 8 N–H and O–H groups in total. The quantitative estimate of drug-likeness (QED) is 0.205. The number of rotatable bonds is 4. The third-order valence-corrected chi connectivity index (χ3v) is 8.28. The number of hydrogen-bond donors (Lipinski definition) is 6. The molecule has 10 nitrogen and oxygen atoms in total. The molecule has 1 amide bonds. The van der Waals surface area contributed by atoms with Gasteiger partial charge in [0.15, 0.2) is 11.4 Å². The number of fused-ring (bicyclic) bond motifs is 3. The summed E-state index contributed by atoms with van der Waals surface area (Å²) < 4.78 is 0. The Morgan fingerprint density at radius 2 is 1.77 bits per heavy atom. The Morgan fingerprint density at radius 1 is 1.09 bits per heavy atom. The van der Waals surface area contributed by atoms with Crippen LogP contribution in [0.3, 0.4) is 0 Å². The number of carbonyl (C=O) groups is 4. The van der Waals surface area contributed by atoms with Crippen LogP contribution in [0.1, 0.15) is 43.2 Å². The van der Waals surface area contributed by atoms with Gasteiger partial charge < -0.3 is 31.9 Å². The molecule has 10 heteroatoms. The molecule has 4 atom stereocenters. The number of nitrogen functional groups attached to an aromatic ring is 1. The number of ketones is 3. The van der Waals surface area contributed by atoms with Crippen LogP contribution in [-0.4, -0.2) is 49.3 Å². The summed E-state index contributed by atoms with van der Waals surface area (Å²) in [5.41, 5.74) is 7.52. The lowest BCUT2D eigenvalue weighted by Crippen LogP contribution is -2.62. The molecule has 0 spiro atoms. The molecule has 4 aliphatic rings. The highest BCUT2D eigenvalue weighted by molar-refractivity contribution is 6.23. The van der Waals surface area contributed by atoms with Gasteiger partial charge in [0.25, 0.3) is 5.91 Å². The number of hydrogen-bond acceptors (Lipinski definition) is 9. The van der Waals surface area contributed by atoms with Crippen LogP contribution >= 0.6 is 0 Å². The first-order chi connectivity index (χ1) is 16.5. The molecule has 2 fully saturated rings. The first-order valence-electron chi connectivity index (χ1n) is 11.6. The summed E-state index contributed by atoms with van der Waals surface area (Å²) in [6.45, 7) is 0. The smallest absolute Gasteiger partial charge is 0.255 e. The van der Waals surface area contributed by atoms with Crippen molar-refractivity contribution in [1.29, 1.82) is 0 Å². The lowest BCUT2D eigenvalue weighted by Gasteiger charge is -2.51. The van der Waals surface area contributed by atoms with Crippen LogP contribution in [0.2, 0.25) is 0 Å². The Kier molecular flexibility index (Phi) is 5.06. The van der Waals surface area contributed by atoms with Crippen molar-refractivity contribution in [2.45, 2.75) is 44.1 Å². The van der Waals surface area contributed by atoms with Crippen molar-refractivity contribution in [3.63, 3.8) is 0 Å². The molecule has 184 valence electrons. The maximum absolute atomic E-state index is 13.7. The molecular formula is C25H26N2O8. The molecule has 0 radical (unpaired) electrons. The minimum absolute atomic E-state index is 0.0343. The molecule has 0 aromatic heterocycles. The molecular weight excluding hydrogens is 456 g/mol. The van der Waals surface area contributed by atoms with Crippen LogP contribution in [-0.2, 0) is 25.6 Å². The molecule has 4 aliphatic carbocycles. The lowest BCUT2D eigenvalue weighted by atomic mass is 9.53. The van der Waals surface area contributed by atoms with Crippen LogP contribution in [0.4, 0.5) is 5.69 Å². The molecule has 0 heterocycles. The standard InChI is InChI=1S/C25H26N2O8/c26-14-5-4-10-6-12-11(7-15(28)9-2-1-3-9)13-8-16(29)19(24(27)34)23(33)25(13,35)22(32)18(12)21(31)17(10)20(14)30/h4-5,9,11-13,30-31,33,35H,1-3,6-8,26H2,(H2,27,34)/t11-,12-,13+,25-/m0/s1. The Balaban J connectivity index is 1.73. The summed E-state index contributed by atoms with van der Waals surface area (Å²) in [6, 6.07) is 3.06. The van der Waals surface area contributed by atoms with E-state index in [4.69, 9.17) is 11.5 Å². The number of aliphatic hydroxyl groups excluding tert-OH is 2. The molecule has 0 bridgehead atoms. The number of Topliss-reactive ketones (excluding diaryl/α,β-unsaturated/α-hetero) is 3. The van der Waals surface area contributed by atoms with Crippen LogP contribution in [0.25, 0.3) is 5.76 Å². The predicted molar refractivity (Wildman–Crippen MR) is 122 cm³/mol. The predicted octanol–water partition coefficient (Wildman–Crippen LogP) is 0.991. The van der Waals surface area contributed by atoms with Crippen molar-refractivity contribution in [3.05, 3.63) is 40.2 Å². The first-order valence-corrected chi connectivity index (χ1v) is 11.6. The Hall–Kier alpha value is -3.66. The molecule has 0 saturated heterocycles. The van der Waals surface area contributed by atoms with Gasteiger partial charge in [-0.2, -0.15) is 0 Å². The highest BCUT2D eigenvalue weighted by Crippen LogP contribution is 2.56. The van der Waals surface area contributed by atoms with Gasteiger partial charge in [-0.1, -0.05) is 12.5 Å². The number of anilines is 1. The number of carbonyl (C=O) groups excluding carboxylic acids is 4. The Morgan fingerprint density at radius 3 is 2.37 bits per heavy atom. The highest BCUT2D eigenvalue weighted by atomic mass is 16.3. The molecule has 0 unspecified atom stereocenters. The third kappa shape index (κ3) is 3.05. The minimum Gasteiger partial charge on any atom is -0.508 e.